The maximum Gasteiger partial charge on any atom is 0.342 e. The molecule has 1 atom stereocenters. The second kappa shape index (κ2) is 7.57. The van der Waals surface area contributed by atoms with Gasteiger partial charge in [-0.2, -0.15) is 0 Å². The molecule has 0 spiro atoms. The highest BCUT2D eigenvalue weighted by Crippen LogP contribution is 2.29. The van der Waals surface area contributed by atoms with E-state index in [2.05, 4.69) is 11.4 Å². The quantitative estimate of drug-likeness (QED) is 0.820. The Hall–Kier alpha value is -2.53. The zero-order chi connectivity index (χ0) is 17.8. The Morgan fingerprint density at radius 2 is 2.04 bits per heavy atom. The topological polar surface area (TPSA) is 75.6 Å². The minimum atomic E-state index is -0.792. The van der Waals surface area contributed by atoms with E-state index in [1.165, 1.54) is 23.8 Å². The van der Waals surface area contributed by atoms with Crippen LogP contribution in [0.15, 0.2) is 42.5 Å². The van der Waals surface area contributed by atoms with E-state index in [0.717, 1.165) is 24.8 Å². The second-order valence-electron chi connectivity index (χ2n) is 5.95. The van der Waals surface area contributed by atoms with E-state index in [1.807, 2.05) is 18.2 Å². The number of aromatic hydroxyl groups is 1. The van der Waals surface area contributed by atoms with Crippen LogP contribution in [0.25, 0.3) is 0 Å². The Morgan fingerprint density at radius 1 is 1.24 bits per heavy atom. The van der Waals surface area contributed by atoms with Crippen LogP contribution in [0.4, 0.5) is 0 Å². The molecule has 1 aliphatic rings. The van der Waals surface area contributed by atoms with Crippen LogP contribution in [-0.2, 0) is 16.0 Å². The summed E-state index contributed by atoms with van der Waals surface area (Å²) in [7, 11) is 0. The van der Waals surface area contributed by atoms with Gasteiger partial charge in [0.1, 0.15) is 11.3 Å². The molecule has 3 rings (SSSR count). The van der Waals surface area contributed by atoms with Gasteiger partial charge in [0, 0.05) is 5.02 Å². The summed E-state index contributed by atoms with van der Waals surface area (Å²) in [6.45, 7) is -0.413. The summed E-state index contributed by atoms with van der Waals surface area (Å²) in [6.07, 6.45) is 2.86. The van der Waals surface area contributed by atoms with Crippen LogP contribution >= 0.6 is 11.6 Å². The zero-order valence-corrected chi connectivity index (χ0v) is 14.3. The van der Waals surface area contributed by atoms with Crippen molar-refractivity contribution in [3.63, 3.8) is 0 Å². The molecule has 1 aliphatic carbocycles. The number of halogens is 1. The van der Waals surface area contributed by atoms with Crippen LogP contribution < -0.4 is 5.32 Å². The number of hydrogen-bond donors (Lipinski definition) is 2. The summed E-state index contributed by atoms with van der Waals surface area (Å²) in [4.78, 5) is 24.1. The van der Waals surface area contributed by atoms with Gasteiger partial charge in [-0.05, 0) is 48.6 Å². The smallest absolute Gasteiger partial charge is 0.342 e. The Balaban J connectivity index is 1.59. The molecular formula is C19H18ClNO4. The average molecular weight is 360 g/mol. The highest BCUT2D eigenvalue weighted by Gasteiger charge is 2.22. The number of amides is 1. The number of rotatable bonds is 4. The van der Waals surface area contributed by atoms with Crippen LogP contribution in [-0.4, -0.2) is 23.6 Å². The van der Waals surface area contributed by atoms with Gasteiger partial charge in [0.25, 0.3) is 5.91 Å². The predicted octanol–water partition coefficient (Wildman–Crippen LogP) is 3.40. The zero-order valence-electron chi connectivity index (χ0n) is 13.5. The lowest BCUT2D eigenvalue weighted by molar-refractivity contribution is -0.125. The molecule has 130 valence electrons. The highest BCUT2D eigenvalue weighted by molar-refractivity contribution is 6.31. The molecule has 25 heavy (non-hydrogen) atoms. The van der Waals surface area contributed by atoms with Gasteiger partial charge in [0.05, 0.1) is 6.04 Å². The second-order valence-corrected chi connectivity index (χ2v) is 6.39. The SMILES string of the molecule is O=C(COC(=O)c1cc(Cl)ccc1O)N[C@@H]1CCCc2ccccc21. The molecular weight excluding hydrogens is 342 g/mol. The number of phenolic OH excluding ortho intramolecular Hbond substituents is 1. The molecule has 0 bridgehead atoms. The number of ether oxygens (including phenoxy) is 1. The Labute approximate surface area is 150 Å². The first kappa shape index (κ1) is 17.3. The third-order valence-electron chi connectivity index (χ3n) is 4.22. The minimum absolute atomic E-state index is 0.0664. The molecule has 2 aromatic carbocycles. The van der Waals surface area contributed by atoms with Crippen molar-refractivity contribution in [3.05, 3.63) is 64.2 Å². The molecule has 0 aromatic heterocycles. The largest absolute Gasteiger partial charge is 0.507 e. The average Bonchev–Trinajstić information content (AvgIpc) is 2.62. The molecule has 6 heteroatoms. The summed E-state index contributed by atoms with van der Waals surface area (Å²) < 4.78 is 4.99. The standard InChI is InChI=1S/C19H18ClNO4/c20-13-8-9-17(22)15(10-13)19(24)25-11-18(23)21-16-7-3-5-12-4-1-2-6-14(12)16/h1-2,4,6,8-10,16,22H,3,5,7,11H2,(H,21,23)/t16-/m1/s1. The number of carbonyl (C=O) groups is 2. The van der Waals surface area contributed by atoms with E-state index in [0.29, 0.717) is 5.02 Å². The van der Waals surface area contributed by atoms with E-state index >= 15 is 0 Å². The third-order valence-corrected chi connectivity index (χ3v) is 4.45. The van der Waals surface area contributed by atoms with Gasteiger partial charge in [-0.1, -0.05) is 35.9 Å². The lowest BCUT2D eigenvalue weighted by Crippen LogP contribution is -2.34. The van der Waals surface area contributed by atoms with Gasteiger partial charge in [0.15, 0.2) is 6.61 Å². The van der Waals surface area contributed by atoms with Gasteiger partial charge in [-0.15, -0.1) is 0 Å². The number of esters is 1. The van der Waals surface area contributed by atoms with Gasteiger partial charge >= 0.3 is 5.97 Å². The first-order chi connectivity index (χ1) is 12.0. The number of carbonyl (C=O) groups excluding carboxylic acids is 2. The van der Waals surface area contributed by atoms with Crippen molar-refractivity contribution in [1.82, 2.24) is 5.32 Å². The van der Waals surface area contributed by atoms with Crippen molar-refractivity contribution in [3.8, 4) is 5.75 Å². The molecule has 2 N–H and O–H groups in total. The molecule has 0 fully saturated rings. The third kappa shape index (κ3) is 4.12. The van der Waals surface area contributed by atoms with Crippen molar-refractivity contribution in [2.45, 2.75) is 25.3 Å². The molecule has 0 unspecified atom stereocenters. The van der Waals surface area contributed by atoms with Gasteiger partial charge in [-0.25, -0.2) is 4.79 Å². The molecule has 0 saturated heterocycles. The van der Waals surface area contributed by atoms with E-state index in [9.17, 15) is 14.7 Å². The number of fused-ring (bicyclic) bond motifs is 1. The first-order valence-corrected chi connectivity index (χ1v) is 8.45. The van der Waals surface area contributed by atoms with Crippen LogP contribution in [0.5, 0.6) is 5.75 Å². The van der Waals surface area contributed by atoms with Crippen LogP contribution in [0, 0.1) is 0 Å². The molecule has 0 aliphatic heterocycles. The van der Waals surface area contributed by atoms with E-state index in [1.54, 1.807) is 0 Å². The van der Waals surface area contributed by atoms with Crippen molar-refractivity contribution >= 4 is 23.5 Å². The van der Waals surface area contributed by atoms with E-state index in [-0.39, 0.29) is 23.3 Å². The lowest BCUT2D eigenvalue weighted by atomic mass is 9.88. The fraction of sp³-hybridized carbons (Fsp3) is 0.263. The molecule has 5 nitrogen and oxygen atoms in total. The minimum Gasteiger partial charge on any atom is -0.507 e. The fourth-order valence-corrected chi connectivity index (χ4v) is 3.19. The van der Waals surface area contributed by atoms with Crippen LogP contribution in [0.3, 0.4) is 0 Å². The number of hydrogen-bond acceptors (Lipinski definition) is 4. The molecule has 0 heterocycles. The maximum atomic E-state index is 12.1. The summed E-state index contributed by atoms with van der Waals surface area (Å²) in [5, 5.41) is 12.9. The predicted molar refractivity (Wildman–Crippen MR) is 93.7 cm³/mol. The Morgan fingerprint density at radius 3 is 2.88 bits per heavy atom. The van der Waals surface area contributed by atoms with Crippen molar-refractivity contribution in [2.24, 2.45) is 0 Å². The number of benzene rings is 2. The molecule has 0 saturated carbocycles. The monoisotopic (exact) mass is 359 g/mol. The molecule has 2 aromatic rings. The highest BCUT2D eigenvalue weighted by atomic mass is 35.5. The number of nitrogens with one attached hydrogen (secondary N) is 1. The number of aryl methyl sites for hydroxylation is 1. The normalized spacial score (nSPS) is 16.0. The Kier molecular flexibility index (Phi) is 5.24. The van der Waals surface area contributed by atoms with Crippen molar-refractivity contribution in [2.75, 3.05) is 6.61 Å². The fourth-order valence-electron chi connectivity index (χ4n) is 3.02. The Bertz CT molecular complexity index is 806. The van der Waals surface area contributed by atoms with E-state index in [4.69, 9.17) is 16.3 Å². The van der Waals surface area contributed by atoms with E-state index < -0.39 is 12.6 Å². The summed E-state index contributed by atoms with van der Waals surface area (Å²) in [6, 6.07) is 12.0. The number of phenols is 1. The van der Waals surface area contributed by atoms with Gasteiger partial charge < -0.3 is 15.2 Å². The van der Waals surface area contributed by atoms with Crippen molar-refractivity contribution in [1.29, 1.82) is 0 Å². The van der Waals surface area contributed by atoms with Crippen LogP contribution in [0.1, 0.15) is 40.4 Å². The lowest BCUT2D eigenvalue weighted by Gasteiger charge is -2.26. The first-order valence-electron chi connectivity index (χ1n) is 8.07. The summed E-state index contributed by atoms with van der Waals surface area (Å²) in [5.74, 6) is -1.41. The maximum absolute atomic E-state index is 12.1. The van der Waals surface area contributed by atoms with Gasteiger partial charge in [-0.3, -0.25) is 4.79 Å². The van der Waals surface area contributed by atoms with Crippen molar-refractivity contribution < 1.29 is 19.4 Å². The van der Waals surface area contributed by atoms with Crippen LogP contribution in [0.2, 0.25) is 5.02 Å². The summed E-state index contributed by atoms with van der Waals surface area (Å²) >= 11 is 5.80. The summed E-state index contributed by atoms with van der Waals surface area (Å²) in [5.41, 5.74) is 2.28. The van der Waals surface area contributed by atoms with Gasteiger partial charge in [0.2, 0.25) is 0 Å². The molecule has 0 radical (unpaired) electrons. The molecule has 1 amide bonds.